The van der Waals surface area contributed by atoms with Gasteiger partial charge in [0.2, 0.25) is 5.88 Å². The number of hydrogen-bond donors (Lipinski definition) is 0. The van der Waals surface area contributed by atoms with Crippen LogP contribution >= 0.6 is 11.6 Å². The first-order valence-electron chi connectivity index (χ1n) is 5.45. The van der Waals surface area contributed by atoms with Crippen molar-refractivity contribution in [2.45, 2.75) is 6.85 Å². The zero-order chi connectivity index (χ0) is 12.6. The van der Waals surface area contributed by atoms with E-state index in [-0.39, 0.29) is 16.6 Å². The molecule has 1 aromatic rings. The fraction of sp³-hybridized carbons (Fsp3) is 0.286. The Labute approximate surface area is 73.2 Å². The number of pyridine rings is 1. The Morgan fingerprint density at radius 1 is 1.70 bits per heavy atom. The second kappa shape index (κ2) is 2.88. The summed E-state index contributed by atoms with van der Waals surface area (Å²) < 4.78 is 46.4. The topological polar surface area (TPSA) is 22.1 Å². The molecule has 3 heteroatoms. The minimum Gasteiger partial charge on any atom is -0.481 e. The number of ether oxygens (including phenoxy) is 1. The second-order valence-corrected chi connectivity index (χ2v) is 2.05. The average molecular weight is 164 g/mol. The first-order chi connectivity index (χ1) is 7.08. The predicted molar refractivity (Wildman–Crippen MR) is 40.5 cm³/mol. The fourth-order valence-electron chi connectivity index (χ4n) is 0.526. The number of aryl methyl sites for hydroxylation is 1. The molecule has 0 spiro atoms. The molecule has 10 heavy (non-hydrogen) atoms. The van der Waals surface area contributed by atoms with E-state index in [1.54, 1.807) is 0 Å². The van der Waals surface area contributed by atoms with Crippen LogP contribution in [0.15, 0.2) is 12.1 Å². The molecule has 0 aromatic carbocycles. The highest BCUT2D eigenvalue weighted by atomic mass is 35.5. The number of halogens is 1. The van der Waals surface area contributed by atoms with Crippen LogP contribution in [0.2, 0.25) is 5.02 Å². The molecule has 0 aliphatic carbocycles. The van der Waals surface area contributed by atoms with Crippen molar-refractivity contribution in [3.63, 3.8) is 0 Å². The highest BCUT2D eigenvalue weighted by Crippen LogP contribution is 2.15. The summed E-state index contributed by atoms with van der Waals surface area (Å²) >= 11 is 5.63. The second-order valence-electron chi connectivity index (χ2n) is 1.61. The Hall–Kier alpha value is -0.760. The van der Waals surface area contributed by atoms with Crippen LogP contribution in [0.5, 0.6) is 5.88 Å². The lowest BCUT2D eigenvalue weighted by atomic mass is 10.4. The first-order valence-corrected chi connectivity index (χ1v) is 2.83. The normalized spacial score (nSPS) is 20.9. The standard InChI is InChI=1S/C7H8ClNO/c1-5-3-6(8)4-7(9-5)10-2/h3-4H,1-2H3/i1D3,2D3. The summed E-state index contributed by atoms with van der Waals surface area (Å²) in [6.07, 6.45) is 0. The van der Waals surface area contributed by atoms with Gasteiger partial charge in [-0.3, -0.25) is 0 Å². The molecule has 0 bridgehead atoms. The third-order valence-electron chi connectivity index (χ3n) is 0.871. The van der Waals surface area contributed by atoms with E-state index in [1.165, 1.54) is 0 Å². The van der Waals surface area contributed by atoms with Crippen LogP contribution in [-0.4, -0.2) is 12.0 Å². The van der Waals surface area contributed by atoms with Crippen molar-refractivity contribution in [2.24, 2.45) is 0 Å². The van der Waals surface area contributed by atoms with Crippen molar-refractivity contribution in [1.82, 2.24) is 4.98 Å². The Balaban J connectivity index is 3.09. The van der Waals surface area contributed by atoms with Gasteiger partial charge < -0.3 is 4.74 Å². The summed E-state index contributed by atoms with van der Waals surface area (Å²) in [5, 5.41) is 0.0559. The van der Waals surface area contributed by atoms with Crippen LogP contribution in [0, 0.1) is 6.85 Å². The Bertz CT molecular complexity index is 387. The van der Waals surface area contributed by atoms with Crippen molar-refractivity contribution in [2.75, 3.05) is 7.04 Å². The summed E-state index contributed by atoms with van der Waals surface area (Å²) in [7, 11) is -2.69. The fourth-order valence-corrected chi connectivity index (χ4v) is 0.722. The molecular formula is C7H8ClNO. The van der Waals surface area contributed by atoms with Gasteiger partial charge in [0.25, 0.3) is 0 Å². The minimum absolute atomic E-state index is 0.0559. The van der Waals surface area contributed by atoms with Gasteiger partial charge in [0, 0.05) is 20.9 Å². The van der Waals surface area contributed by atoms with Crippen LogP contribution in [-0.2, 0) is 0 Å². The van der Waals surface area contributed by atoms with Crippen LogP contribution in [0.25, 0.3) is 0 Å². The van der Waals surface area contributed by atoms with E-state index in [0.717, 1.165) is 12.1 Å². The molecule has 0 aliphatic rings. The molecule has 0 saturated heterocycles. The van der Waals surface area contributed by atoms with Crippen molar-refractivity contribution < 1.29 is 13.0 Å². The predicted octanol–water partition coefficient (Wildman–Crippen LogP) is 2.05. The molecule has 0 fully saturated rings. The molecule has 0 amide bonds. The quantitative estimate of drug-likeness (QED) is 0.632. The Morgan fingerprint density at radius 3 is 3.30 bits per heavy atom. The monoisotopic (exact) mass is 163 g/mol. The van der Waals surface area contributed by atoms with Gasteiger partial charge in [0.15, 0.2) is 0 Å². The van der Waals surface area contributed by atoms with Gasteiger partial charge in [-0.15, -0.1) is 0 Å². The molecule has 0 N–H and O–H groups in total. The van der Waals surface area contributed by atoms with Crippen molar-refractivity contribution >= 4 is 11.6 Å². The molecule has 54 valence electrons. The smallest absolute Gasteiger partial charge is 0.214 e. The van der Waals surface area contributed by atoms with Crippen molar-refractivity contribution in [3.8, 4) is 5.88 Å². The number of nitrogens with zero attached hydrogens (tertiary/aromatic N) is 1. The largest absolute Gasteiger partial charge is 0.481 e. The SMILES string of the molecule is [2H]C([2H])([2H])Oc1cc(Cl)cc(C([2H])([2H])[2H])n1. The Kier molecular flexibility index (Phi) is 0.779. The summed E-state index contributed by atoms with van der Waals surface area (Å²) in [6.45, 7) is -2.46. The highest BCUT2D eigenvalue weighted by molar-refractivity contribution is 6.30. The number of methoxy groups -OCH3 is 1. The van der Waals surface area contributed by atoms with E-state index < -0.39 is 13.9 Å². The maximum atomic E-state index is 7.11. The van der Waals surface area contributed by atoms with Crippen LogP contribution < -0.4 is 4.74 Å². The van der Waals surface area contributed by atoms with E-state index in [9.17, 15) is 0 Å². The molecule has 2 nitrogen and oxygen atoms in total. The van der Waals surface area contributed by atoms with Crippen LogP contribution in [0.4, 0.5) is 0 Å². The maximum Gasteiger partial charge on any atom is 0.214 e. The van der Waals surface area contributed by atoms with Crippen molar-refractivity contribution in [3.05, 3.63) is 22.8 Å². The zero-order valence-corrected chi connectivity index (χ0v) is 5.64. The molecule has 1 aromatic heterocycles. The molecule has 0 saturated carbocycles. The zero-order valence-electron chi connectivity index (χ0n) is 10.9. The van der Waals surface area contributed by atoms with Gasteiger partial charge in [0.05, 0.1) is 11.2 Å². The number of aromatic nitrogens is 1. The molecular weight excluding hydrogens is 150 g/mol. The van der Waals surface area contributed by atoms with E-state index in [0.29, 0.717) is 0 Å². The average Bonchev–Trinajstić information content (AvgIpc) is 1.97. The highest BCUT2D eigenvalue weighted by Gasteiger charge is 1.95. The van der Waals surface area contributed by atoms with Gasteiger partial charge in [-0.05, 0) is 12.9 Å². The molecule has 0 unspecified atom stereocenters. The maximum absolute atomic E-state index is 7.11. The lowest BCUT2D eigenvalue weighted by Gasteiger charge is -1.99. The van der Waals surface area contributed by atoms with Gasteiger partial charge in [-0.1, -0.05) is 11.6 Å². The number of rotatable bonds is 1. The third-order valence-corrected chi connectivity index (χ3v) is 1.09. The third kappa shape index (κ3) is 1.61. The van der Waals surface area contributed by atoms with Crippen molar-refractivity contribution in [1.29, 1.82) is 0 Å². The molecule has 0 atom stereocenters. The molecule has 1 rings (SSSR count). The number of hydrogen-bond acceptors (Lipinski definition) is 2. The molecule has 0 radical (unpaired) electrons. The van der Waals surface area contributed by atoms with Gasteiger partial charge in [-0.25, -0.2) is 4.98 Å². The first kappa shape index (κ1) is 2.70. The van der Waals surface area contributed by atoms with Crippen LogP contribution in [0.3, 0.4) is 0 Å². The summed E-state index contributed by atoms with van der Waals surface area (Å²) in [4.78, 5) is 3.56. The lowest BCUT2D eigenvalue weighted by molar-refractivity contribution is 0.397. The van der Waals surface area contributed by atoms with Crippen LogP contribution in [0.1, 0.15) is 13.9 Å². The summed E-state index contributed by atoms with van der Waals surface area (Å²) in [6, 6.07) is 2.28. The molecule has 1 heterocycles. The lowest BCUT2D eigenvalue weighted by Crippen LogP contribution is -1.88. The minimum atomic E-state index is -2.69. The van der Waals surface area contributed by atoms with Gasteiger partial charge in [-0.2, -0.15) is 0 Å². The van der Waals surface area contributed by atoms with E-state index in [1.807, 2.05) is 0 Å². The van der Waals surface area contributed by atoms with E-state index >= 15 is 0 Å². The molecule has 0 aliphatic heterocycles. The Morgan fingerprint density at radius 2 is 2.60 bits per heavy atom. The summed E-state index contributed by atoms with van der Waals surface area (Å²) in [5.74, 6) is -0.335. The van der Waals surface area contributed by atoms with Gasteiger partial charge in [0.1, 0.15) is 0 Å². The summed E-state index contributed by atoms with van der Waals surface area (Å²) in [5.41, 5.74) is -0.306. The van der Waals surface area contributed by atoms with Gasteiger partial charge >= 0.3 is 0 Å². The van der Waals surface area contributed by atoms with E-state index in [2.05, 4.69) is 9.72 Å². The van der Waals surface area contributed by atoms with E-state index in [4.69, 9.17) is 19.8 Å².